The first-order valence-electron chi connectivity index (χ1n) is 8.63. The van der Waals surface area contributed by atoms with Gasteiger partial charge in [-0.05, 0) is 52.9 Å². The number of halogens is 2. The van der Waals surface area contributed by atoms with Crippen molar-refractivity contribution in [3.63, 3.8) is 0 Å². The van der Waals surface area contributed by atoms with Crippen LogP contribution >= 0.6 is 0 Å². The third-order valence-electron chi connectivity index (χ3n) is 4.70. The molecule has 0 aromatic carbocycles. The minimum Gasteiger partial charge on any atom is -0.351 e. The number of aryl methyl sites for hydroxylation is 1. The number of likely N-dealkylation sites (tertiary alicyclic amines) is 1. The van der Waals surface area contributed by atoms with Crippen molar-refractivity contribution in [1.82, 2.24) is 24.6 Å². The Kier molecular flexibility index (Phi) is 5.27. The van der Waals surface area contributed by atoms with Crippen LogP contribution in [0, 0.1) is 6.92 Å². The number of piperidine rings is 1. The molecule has 2 aromatic rings. The van der Waals surface area contributed by atoms with E-state index in [1.54, 1.807) is 6.20 Å². The Balaban J connectivity index is 1.90. The van der Waals surface area contributed by atoms with E-state index in [1.807, 2.05) is 18.5 Å². The maximum absolute atomic E-state index is 13.3. The molecule has 0 spiro atoms. The second-order valence-corrected chi connectivity index (χ2v) is 6.48. The maximum atomic E-state index is 13.3. The van der Waals surface area contributed by atoms with Crippen molar-refractivity contribution in [2.45, 2.75) is 45.7 Å². The van der Waals surface area contributed by atoms with Gasteiger partial charge in [0.15, 0.2) is 0 Å². The summed E-state index contributed by atoms with van der Waals surface area (Å²) in [5.41, 5.74) is 1.89. The molecule has 2 aromatic heterocycles. The molecule has 0 aliphatic carbocycles. The largest absolute Gasteiger partial charge is 0.351 e. The Morgan fingerprint density at radius 3 is 2.60 bits per heavy atom. The highest BCUT2D eigenvalue weighted by molar-refractivity contribution is 5.62. The van der Waals surface area contributed by atoms with E-state index >= 15 is 0 Å². The summed E-state index contributed by atoms with van der Waals surface area (Å²) in [5.74, 6) is 0.269. The topological polar surface area (TPSA) is 58.9 Å². The summed E-state index contributed by atoms with van der Waals surface area (Å²) in [6, 6.07) is 1.56. The molecule has 1 aliphatic rings. The second-order valence-electron chi connectivity index (χ2n) is 6.48. The van der Waals surface area contributed by atoms with Crippen LogP contribution in [-0.4, -0.2) is 50.8 Å². The van der Waals surface area contributed by atoms with Crippen LogP contribution in [0.2, 0.25) is 0 Å². The molecular weight excluding hydrogens is 326 g/mol. The second kappa shape index (κ2) is 7.43. The van der Waals surface area contributed by atoms with Crippen LogP contribution in [0.4, 0.5) is 14.7 Å². The molecule has 6 nitrogen and oxygen atoms in total. The van der Waals surface area contributed by atoms with Gasteiger partial charge in [0.1, 0.15) is 5.69 Å². The number of anilines is 1. The van der Waals surface area contributed by atoms with E-state index in [1.165, 1.54) is 6.07 Å². The van der Waals surface area contributed by atoms with E-state index in [0.29, 0.717) is 5.69 Å². The monoisotopic (exact) mass is 350 g/mol. The smallest absolute Gasteiger partial charge is 0.280 e. The molecule has 0 saturated carbocycles. The van der Waals surface area contributed by atoms with E-state index in [9.17, 15) is 8.78 Å². The van der Waals surface area contributed by atoms with Gasteiger partial charge in [0.25, 0.3) is 6.43 Å². The highest BCUT2D eigenvalue weighted by Crippen LogP contribution is 2.27. The zero-order chi connectivity index (χ0) is 18.0. The number of nitrogens with one attached hydrogen (secondary N) is 1. The maximum Gasteiger partial charge on any atom is 0.280 e. The molecule has 3 rings (SSSR count). The molecule has 1 saturated heterocycles. The van der Waals surface area contributed by atoms with Gasteiger partial charge in [-0.25, -0.2) is 18.7 Å². The van der Waals surface area contributed by atoms with E-state index in [0.717, 1.165) is 43.7 Å². The lowest BCUT2D eigenvalue weighted by molar-refractivity contribution is 0.146. The summed E-state index contributed by atoms with van der Waals surface area (Å²) in [6.07, 6.45) is 0.929. The lowest BCUT2D eigenvalue weighted by Gasteiger charge is -2.29. The van der Waals surface area contributed by atoms with Crippen molar-refractivity contribution in [2.75, 3.05) is 25.5 Å². The minimum atomic E-state index is -2.64. The van der Waals surface area contributed by atoms with Crippen molar-refractivity contribution >= 4 is 5.95 Å². The van der Waals surface area contributed by atoms with Gasteiger partial charge in [-0.3, -0.25) is 4.68 Å². The Labute approximate surface area is 146 Å². The van der Waals surface area contributed by atoms with Gasteiger partial charge in [0.2, 0.25) is 5.95 Å². The van der Waals surface area contributed by atoms with Crippen LogP contribution in [-0.2, 0) is 6.54 Å². The summed E-state index contributed by atoms with van der Waals surface area (Å²) in [6.45, 7) is 6.57. The molecule has 136 valence electrons. The fourth-order valence-electron chi connectivity index (χ4n) is 3.13. The van der Waals surface area contributed by atoms with Crippen LogP contribution in [0.3, 0.4) is 0 Å². The summed E-state index contributed by atoms with van der Waals surface area (Å²) in [4.78, 5) is 10.8. The number of aromatic nitrogens is 4. The normalized spacial score (nSPS) is 16.6. The van der Waals surface area contributed by atoms with Gasteiger partial charge >= 0.3 is 0 Å². The number of rotatable bonds is 5. The Bertz CT molecular complexity index is 722. The van der Waals surface area contributed by atoms with Crippen LogP contribution in [0.5, 0.6) is 0 Å². The first-order valence-corrected chi connectivity index (χ1v) is 8.63. The molecule has 1 fully saturated rings. The van der Waals surface area contributed by atoms with Gasteiger partial charge < -0.3 is 10.2 Å². The molecular formula is C17H24F2N6. The lowest BCUT2D eigenvalue weighted by Crippen LogP contribution is -2.37. The third-order valence-corrected chi connectivity index (χ3v) is 4.70. The number of nitrogens with zero attached hydrogens (tertiary/aromatic N) is 5. The third kappa shape index (κ3) is 3.95. The molecule has 25 heavy (non-hydrogen) atoms. The van der Waals surface area contributed by atoms with E-state index < -0.39 is 6.43 Å². The van der Waals surface area contributed by atoms with E-state index in [-0.39, 0.29) is 17.7 Å². The average molecular weight is 350 g/mol. The molecule has 1 N–H and O–H groups in total. The van der Waals surface area contributed by atoms with Crippen molar-refractivity contribution in [3.8, 4) is 11.3 Å². The van der Waals surface area contributed by atoms with Crippen LogP contribution in [0.1, 0.15) is 37.6 Å². The highest BCUT2D eigenvalue weighted by Gasteiger charge is 2.20. The molecule has 3 heterocycles. The SMILES string of the molecule is CCn1ncc(-c2cc(C(F)F)nc(NC3CCN(C)CC3)n2)c1C. The summed E-state index contributed by atoms with van der Waals surface area (Å²) in [5, 5.41) is 7.52. The molecule has 8 heteroatoms. The first-order chi connectivity index (χ1) is 12.0. The molecule has 0 unspecified atom stereocenters. The Morgan fingerprint density at radius 2 is 2.00 bits per heavy atom. The van der Waals surface area contributed by atoms with Crippen LogP contribution in [0.25, 0.3) is 11.3 Å². The Hall–Kier alpha value is -2.09. The van der Waals surface area contributed by atoms with Crippen molar-refractivity contribution in [3.05, 3.63) is 23.7 Å². The zero-order valence-electron chi connectivity index (χ0n) is 14.8. The van der Waals surface area contributed by atoms with Crippen molar-refractivity contribution in [1.29, 1.82) is 0 Å². The fourth-order valence-corrected chi connectivity index (χ4v) is 3.13. The van der Waals surface area contributed by atoms with Crippen LogP contribution in [0.15, 0.2) is 12.3 Å². The van der Waals surface area contributed by atoms with Gasteiger partial charge in [-0.1, -0.05) is 0 Å². The predicted molar refractivity (Wildman–Crippen MR) is 92.8 cm³/mol. The highest BCUT2D eigenvalue weighted by atomic mass is 19.3. The average Bonchev–Trinajstić information content (AvgIpc) is 2.97. The standard InChI is InChI=1S/C17H24F2N6/c1-4-25-11(2)13(10-20-25)14-9-15(16(18)19)23-17(22-14)21-12-5-7-24(3)8-6-12/h9-10,12,16H,4-8H2,1-3H3,(H,21,22,23). The Morgan fingerprint density at radius 1 is 1.28 bits per heavy atom. The molecule has 0 amide bonds. The van der Waals surface area contributed by atoms with Gasteiger partial charge in [-0.15, -0.1) is 0 Å². The van der Waals surface area contributed by atoms with E-state index in [4.69, 9.17) is 0 Å². The molecule has 0 atom stereocenters. The quantitative estimate of drug-likeness (QED) is 0.898. The molecule has 0 bridgehead atoms. The predicted octanol–water partition coefficient (Wildman–Crippen LogP) is 3.11. The zero-order valence-corrected chi connectivity index (χ0v) is 14.8. The number of hydrogen-bond donors (Lipinski definition) is 1. The van der Waals surface area contributed by atoms with Crippen molar-refractivity contribution in [2.24, 2.45) is 0 Å². The van der Waals surface area contributed by atoms with Gasteiger partial charge in [0, 0.05) is 23.8 Å². The summed E-state index contributed by atoms with van der Waals surface area (Å²) >= 11 is 0. The van der Waals surface area contributed by atoms with Gasteiger partial charge in [-0.2, -0.15) is 5.10 Å². The summed E-state index contributed by atoms with van der Waals surface area (Å²) in [7, 11) is 2.08. The summed E-state index contributed by atoms with van der Waals surface area (Å²) < 4.78 is 28.4. The van der Waals surface area contributed by atoms with Crippen molar-refractivity contribution < 1.29 is 8.78 Å². The number of alkyl halides is 2. The first kappa shape index (κ1) is 17.7. The number of hydrogen-bond acceptors (Lipinski definition) is 5. The lowest BCUT2D eigenvalue weighted by atomic mass is 10.1. The molecule has 0 radical (unpaired) electrons. The van der Waals surface area contributed by atoms with E-state index in [2.05, 4.69) is 32.3 Å². The minimum absolute atomic E-state index is 0.205. The fraction of sp³-hybridized carbons (Fsp3) is 0.588. The van der Waals surface area contributed by atoms with Gasteiger partial charge in [0.05, 0.1) is 11.9 Å². The molecule has 1 aliphatic heterocycles. The van der Waals surface area contributed by atoms with Crippen LogP contribution < -0.4 is 5.32 Å².